The number of hydrogen-bond donors (Lipinski definition) is 1. The van der Waals surface area contributed by atoms with Gasteiger partial charge in [-0.2, -0.15) is 5.26 Å². The van der Waals surface area contributed by atoms with Crippen molar-refractivity contribution in [3.63, 3.8) is 0 Å². The highest BCUT2D eigenvalue weighted by atomic mass is 19.1. The number of nitrogens with two attached hydrogens (primary N) is 1. The monoisotopic (exact) mass is 256 g/mol. The molecule has 0 atom stereocenters. The molecule has 2 rings (SSSR count). The van der Waals surface area contributed by atoms with E-state index in [0.717, 1.165) is 5.56 Å². The molecule has 2 aromatic carbocycles. The summed E-state index contributed by atoms with van der Waals surface area (Å²) in [5.41, 5.74) is 7.29. The van der Waals surface area contributed by atoms with Gasteiger partial charge in [-0.25, -0.2) is 4.39 Å². The molecular formula is C15H13FN2O. The molecule has 0 aromatic heterocycles. The molecule has 2 N–H and O–H groups in total. The summed E-state index contributed by atoms with van der Waals surface area (Å²) in [6.07, 6.45) is 0. The van der Waals surface area contributed by atoms with Crippen LogP contribution in [0.2, 0.25) is 0 Å². The van der Waals surface area contributed by atoms with Crippen LogP contribution in [-0.4, -0.2) is 0 Å². The zero-order valence-electron chi connectivity index (χ0n) is 10.5. The van der Waals surface area contributed by atoms with Crippen LogP contribution in [0.3, 0.4) is 0 Å². The normalized spacial score (nSPS) is 10.0. The Morgan fingerprint density at radius 3 is 2.68 bits per heavy atom. The fraction of sp³-hybridized carbons (Fsp3) is 0.133. The van der Waals surface area contributed by atoms with Crippen molar-refractivity contribution in [2.24, 2.45) is 5.73 Å². The van der Waals surface area contributed by atoms with E-state index in [2.05, 4.69) is 0 Å². The lowest BCUT2D eigenvalue weighted by atomic mass is 10.1. The van der Waals surface area contributed by atoms with Crippen LogP contribution in [0.1, 0.15) is 16.7 Å². The van der Waals surface area contributed by atoms with Crippen molar-refractivity contribution < 1.29 is 9.13 Å². The van der Waals surface area contributed by atoms with Crippen LogP contribution >= 0.6 is 0 Å². The van der Waals surface area contributed by atoms with E-state index in [1.54, 1.807) is 37.3 Å². The number of nitriles is 1. The van der Waals surface area contributed by atoms with Crippen LogP contribution in [0, 0.1) is 24.1 Å². The Morgan fingerprint density at radius 1 is 1.26 bits per heavy atom. The topological polar surface area (TPSA) is 59.0 Å². The first-order chi connectivity index (χ1) is 9.13. The highest BCUT2D eigenvalue weighted by Crippen LogP contribution is 2.27. The maximum absolute atomic E-state index is 13.4. The summed E-state index contributed by atoms with van der Waals surface area (Å²) < 4.78 is 19.0. The first-order valence-electron chi connectivity index (χ1n) is 5.81. The van der Waals surface area contributed by atoms with Gasteiger partial charge in [0, 0.05) is 12.6 Å². The molecule has 96 valence electrons. The Bertz CT molecular complexity index is 647. The molecule has 19 heavy (non-hydrogen) atoms. The van der Waals surface area contributed by atoms with Crippen LogP contribution in [-0.2, 0) is 6.54 Å². The fourth-order valence-corrected chi connectivity index (χ4v) is 1.64. The molecule has 0 heterocycles. The SMILES string of the molecule is Cc1ccc(Oc2ccc(CN)cc2C#N)cc1F. The van der Waals surface area contributed by atoms with E-state index in [4.69, 9.17) is 15.7 Å². The predicted octanol–water partition coefficient (Wildman–Crippen LogP) is 3.26. The number of aryl methyl sites for hydroxylation is 1. The van der Waals surface area contributed by atoms with Gasteiger partial charge < -0.3 is 10.5 Å². The summed E-state index contributed by atoms with van der Waals surface area (Å²) in [7, 11) is 0. The Balaban J connectivity index is 2.33. The van der Waals surface area contributed by atoms with Gasteiger partial charge in [-0.1, -0.05) is 12.1 Å². The lowest BCUT2D eigenvalue weighted by Gasteiger charge is -2.09. The molecule has 3 nitrogen and oxygen atoms in total. The molecule has 0 saturated heterocycles. The standard InChI is InChI=1S/C15H13FN2O/c1-10-2-4-13(7-14(10)16)19-15-5-3-11(8-17)6-12(15)9-18/h2-7H,8,17H2,1H3. The average Bonchev–Trinajstić information content (AvgIpc) is 2.43. The van der Waals surface area contributed by atoms with Gasteiger partial charge in [0.05, 0.1) is 5.56 Å². The number of hydrogen-bond acceptors (Lipinski definition) is 3. The van der Waals surface area contributed by atoms with Crippen LogP contribution in [0.25, 0.3) is 0 Å². The minimum atomic E-state index is -0.338. The highest BCUT2D eigenvalue weighted by molar-refractivity contribution is 5.47. The summed E-state index contributed by atoms with van der Waals surface area (Å²) in [6.45, 7) is 2.03. The van der Waals surface area contributed by atoms with E-state index in [0.29, 0.717) is 29.2 Å². The molecule has 0 aliphatic heterocycles. The summed E-state index contributed by atoms with van der Waals surface area (Å²) >= 11 is 0. The van der Waals surface area contributed by atoms with Gasteiger partial charge in [-0.05, 0) is 36.2 Å². The summed E-state index contributed by atoms with van der Waals surface area (Å²) in [6, 6.07) is 11.7. The number of benzene rings is 2. The number of halogens is 1. The molecule has 0 aliphatic carbocycles. The van der Waals surface area contributed by atoms with Crippen molar-refractivity contribution in [2.75, 3.05) is 0 Å². The zero-order valence-corrected chi connectivity index (χ0v) is 10.5. The lowest BCUT2D eigenvalue weighted by molar-refractivity contribution is 0.474. The van der Waals surface area contributed by atoms with Crippen molar-refractivity contribution in [2.45, 2.75) is 13.5 Å². The van der Waals surface area contributed by atoms with Crippen LogP contribution < -0.4 is 10.5 Å². The third kappa shape index (κ3) is 2.90. The summed E-state index contributed by atoms with van der Waals surface area (Å²) in [5, 5.41) is 9.07. The molecule has 0 amide bonds. The van der Waals surface area contributed by atoms with E-state index in [1.807, 2.05) is 6.07 Å². The second kappa shape index (κ2) is 5.51. The molecule has 0 spiro atoms. The number of rotatable bonds is 3. The first-order valence-corrected chi connectivity index (χ1v) is 5.81. The van der Waals surface area contributed by atoms with Crippen molar-refractivity contribution in [1.82, 2.24) is 0 Å². The van der Waals surface area contributed by atoms with Gasteiger partial charge in [-0.15, -0.1) is 0 Å². The maximum atomic E-state index is 13.4. The Kier molecular flexibility index (Phi) is 3.79. The molecule has 4 heteroatoms. The van der Waals surface area contributed by atoms with Crippen molar-refractivity contribution in [3.8, 4) is 17.6 Å². The third-order valence-corrected chi connectivity index (χ3v) is 2.77. The zero-order chi connectivity index (χ0) is 13.8. The van der Waals surface area contributed by atoms with Crippen LogP contribution in [0.15, 0.2) is 36.4 Å². The molecule has 0 saturated carbocycles. The molecular weight excluding hydrogens is 243 g/mol. The molecule has 0 unspecified atom stereocenters. The predicted molar refractivity (Wildman–Crippen MR) is 70.3 cm³/mol. The Morgan fingerprint density at radius 2 is 2.05 bits per heavy atom. The maximum Gasteiger partial charge on any atom is 0.145 e. The van der Waals surface area contributed by atoms with Gasteiger partial charge in [0.1, 0.15) is 23.4 Å². The minimum absolute atomic E-state index is 0.338. The van der Waals surface area contributed by atoms with Crippen molar-refractivity contribution >= 4 is 0 Å². The van der Waals surface area contributed by atoms with Crippen molar-refractivity contribution in [3.05, 3.63) is 58.9 Å². The third-order valence-electron chi connectivity index (χ3n) is 2.77. The van der Waals surface area contributed by atoms with E-state index >= 15 is 0 Å². The highest BCUT2D eigenvalue weighted by Gasteiger charge is 2.07. The van der Waals surface area contributed by atoms with Gasteiger partial charge in [0.2, 0.25) is 0 Å². The molecule has 0 fully saturated rings. The largest absolute Gasteiger partial charge is 0.456 e. The van der Waals surface area contributed by atoms with Crippen LogP contribution in [0.5, 0.6) is 11.5 Å². The van der Waals surface area contributed by atoms with Crippen molar-refractivity contribution in [1.29, 1.82) is 5.26 Å². The smallest absolute Gasteiger partial charge is 0.145 e. The minimum Gasteiger partial charge on any atom is -0.456 e. The average molecular weight is 256 g/mol. The van der Waals surface area contributed by atoms with E-state index in [-0.39, 0.29) is 5.82 Å². The molecule has 0 aliphatic rings. The Labute approximate surface area is 111 Å². The van der Waals surface area contributed by atoms with Gasteiger partial charge in [-0.3, -0.25) is 0 Å². The fourth-order valence-electron chi connectivity index (χ4n) is 1.64. The van der Waals surface area contributed by atoms with Gasteiger partial charge in [0.25, 0.3) is 0 Å². The second-order valence-electron chi connectivity index (χ2n) is 4.16. The molecule has 0 radical (unpaired) electrons. The molecule has 2 aromatic rings. The Hall–Kier alpha value is -2.38. The van der Waals surface area contributed by atoms with E-state index in [1.165, 1.54) is 6.07 Å². The molecule has 0 bridgehead atoms. The second-order valence-corrected chi connectivity index (χ2v) is 4.16. The summed E-state index contributed by atoms with van der Waals surface area (Å²) in [4.78, 5) is 0. The van der Waals surface area contributed by atoms with Gasteiger partial charge >= 0.3 is 0 Å². The first kappa shape index (κ1) is 13.1. The van der Waals surface area contributed by atoms with Gasteiger partial charge in [0.15, 0.2) is 0 Å². The van der Waals surface area contributed by atoms with E-state index in [9.17, 15) is 4.39 Å². The quantitative estimate of drug-likeness (QED) is 0.916. The lowest BCUT2D eigenvalue weighted by Crippen LogP contribution is -1.97. The summed E-state index contributed by atoms with van der Waals surface area (Å²) in [5.74, 6) is 0.414. The van der Waals surface area contributed by atoms with Crippen LogP contribution in [0.4, 0.5) is 4.39 Å². The number of ether oxygens (including phenoxy) is 1. The van der Waals surface area contributed by atoms with E-state index < -0.39 is 0 Å². The number of nitrogens with zero attached hydrogens (tertiary/aromatic N) is 1.